The first-order valence-electron chi connectivity index (χ1n) is 9.06. The first-order valence-corrected chi connectivity index (χ1v) is 9.06. The van der Waals surface area contributed by atoms with Crippen LogP contribution in [0.15, 0.2) is 53.3 Å². The summed E-state index contributed by atoms with van der Waals surface area (Å²) in [5.41, 5.74) is 6.59. The molecule has 0 saturated heterocycles. The van der Waals surface area contributed by atoms with Gasteiger partial charge in [-0.25, -0.2) is 4.98 Å². The Balaban J connectivity index is 1.57. The lowest BCUT2D eigenvalue weighted by Crippen LogP contribution is -2.35. The maximum atomic E-state index is 12.6. The Morgan fingerprint density at radius 2 is 1.88 bits per heavy atom. The van der Waals surface area contributed by atoms with E-state index in [-0.39, 0.29) is 5.56 Å². The molecule has 0 radical (unpaired) electrons. The number of nitrogens with one attached hydrogen (secondary N) is 1. The smallest absolute Gasteiger partial charge is 0.255 e. The molecule has 4 heteroatoms. The molecule has 132 valence electrons. The topological polar surface area (TPSA) is 49.0 Å². The summed E-state index contributed by atoms with van der Waals surface area (Å²) in [4.78, 5) is 22.6. The highest BCUT2D eigenvalue weighted by Crippen LogP contribution is 2.20. The minimum Gasteiger partial charge on any atom is -0.306 e. The Morgan fingerprint density at radius 1 is 1.08 bits per heavy atom. The molecule has 0 fully saturated rings. The summed E-state index contributed by atoms with van der Waals surface area (Å²) in [7, 11) is 0. The summed E-state index contributed by atoms with van der Waals surface area (Å²) in [5.74, 6) is 0.664. The molecule has 26 heavy (non-hydrogen) atoms. The van der Waals surface area contributed by atoms with Gasteiger partial charge in [-0.15, -0.1) is 0 Å². The Labute approximate surface area is 153 Å². The van der Waals surface area contributed by atoms with E-state index in [4.69, 9.17) is 4.98 Å². The van der Waals surface area contributed by atoms with Crippen molar-refractivity contribution in [3.8, 4) is 11.4 Å². The highest BCUT2D eigenvalue weighted by Gasteiger charge is 2.21. The number of nitrogens with zero attached hydrogens (tertiary/aromatic N) is 2. The number of H-pyrrole nitrogens is 1. The van der Waals surface area contributed by atoms with E-state index in [1.54, 1.807) is 0 Å². The average molecular weight is 345 g/mol. The standard InChI is InChI=1S/C22H23N3O/c1-15-8-9-17(12-16(15)2)13-25-11-10-20-19(14-25)22(26)24-21(23-20)18-6-4-3-5-7-18/h3-9,12H,10-11,13-14H2,1-2H3,(H,23,24,26). The molecule has 0 atom stereocenters. The van der Waals surface area contributed by atoms with Crippen LogP contribution in [0.2, 0.25) is 0 Å². The van der Waals surface area contributed by atoms with Crippen molar-refractivity contribution in [3.05, 3.63) is 86.8 Å². The summed E-state index contributed by atoms with van der Waals surface area (Å²) in [5, 5.41) is 0. The molecule has 0 aliphatic carbocycles. The molecule has 1 aromatic heterocycles. The van der Waals surface area contributed by atoms with Crippen molar-refractivity contribution in [1.82, 2.24) is 14.9 Å². The van der Waals surface area contributed by atoms with Crippen LogP contribution in [0, 0.1) is 13.8 Å². The van der Waals surface area contributed by atoms with Crippen molar-refractivity contribution >= 4 is 0 Å². The van der Waals surface area contributed by atoms with Crippen LogP contribution < -0.4 is 5.56 Å². The van der Waals surface area contributed by atoms with Crippen LogP contribution in [0.1, 0.15) is 27.9 Å². The van der Waals surface area contributed by atoms with Crippen molar-refractivity contribution in [1.29, 1.82) is 0 Å². The van der Waals surface area contributed by atoms with E-state index in [1.807, 2.05) is 30.3 Å². The predicted molar refractivity (Wildman–Crippen MR) is 104 cm³/mol. The van der Waals surface area contributed by atoms with Crippen LogP contribution in [0.4, 0.5) is 0 Å². The van der Waals surface area contributed by atoms with Crippen LogP contribution in [-0.4, -0.2) is 21.4 Å². The van der Waals surface area contributed by atoms with Gasteiger partial charge in [-0.1, -0.05) is 48.5 Å². The number of benzene rings is 2. The van der Waals surface area contributed by atoms with Crippen LogP contribution in [0.25, 0.3) is 11.4 Å². The van der Waals surface area contributed by atoms with Gasteiger partial charge in [0, 0.05) is 31.6 Å². The Morgan fingerprint density at radius 3 is 2.65 bits per heavy atom. The van der Waals surface area contributed by atoms with Gasteiger partial charge in [0.15, 0.2) is 0 Å². The predicted octanol–water partition coefficient (Wildman–Crippen LogP) is 3.61. The molecule has 3 aromatic rings. The summed E-state index contributed by atoms with van der Waals surface area (Å²) in [6, 6.07) is 16.4. The zero-order valence-corrected chi connectivity index (χ0v) is 15.2. The monoisotopic (exact) mass is 345 g/mol. The van der Waals surface area contributed by atoms with Gasteiger partial charge >= 0.3 is 0 Å². The van der Waals surface area contributed by atoms with Gasteiger partial charge in [-0.05, 0) is 30.5 Å². The third-order valence-corrected chi connectivity index (χ3v) is 5.17. The number of fused-ring (bicyclic) bond motifs is 1. The van der Waals surface area contributed by atoms with E-state index in [2.05, 4.69) is 41.9 Å². The van der Waals surface area contributed by atoms with Crippen molar-refractivity contribution < 1.29 is 0 Å². The Hall–Kier alpha value is -2.72. The highest BCUT2D eigenvalue weighted by atomic mass is 16.1. The maximum absolute atomic E-state index is 12.6. The SMILES string of the molecule is Cc1ccc(CN2CCc3nc(-c4ccccc4)[nH]c(=O)c3C2)cc1C. The first-order chi connectivity index (χ1) is 12.6. The molecular formula is C22H23N3O. The van der Waals surface area contributed by atoms with Crippen LogP contribution in [0.3, 0.4) is 0 Å². The fourth-order valence-electron chi connectivity index (χ4n) is 3.51. The van der Waals surface area contributed by atoms with E-state index in [1.165, 1.54) is 16.7 Å². The van der Waals surface area contributed by atoms with E-state index in [0.717, 1.165) is 36.3 Å². The molecule has 1 aliphatic rings. The number of hydrogen-bond donors (Lipinski definition) is 1. The summed E-state index contributed by atoms with van der Waals surface area (Å²) < 4.78 is 0. The minimum absolute atomic E-state index is 0.0151. The van der Waals surface area contributed by atoms with Crippen molar-refractivity contribution in [2.45, 2.75) is 33.4 Å². The van der Waals surface area contributed by atoms with E-state index in [9.17, 15) is 4.79 Å². The molecule has 4 nitrogen and oxygen atoms in total. The number of aromatic nitrogens is 2. The second-order valence-corrected chi connectivity index (χ2v) is 7.09. The zero-order valence-electron chi connectivity index (χ0n) is 15.2. The zero-order chi connectivity index (χ0) is 18.1. The van der Waals surface area contributed by atoms with Crippen molar-refractivity contribution in [3.63, 3.8) is 0 Å². The summed E-state index contributed by atoms with van der Waals surface area (Å²) >= 11 is 0. The largest absolute Gasteiger partial charge is 0.306 e. The molecule has 0 unspecified atom stereocenters. The lowest BCUT2D eigenvalue weighted by atomic mass is 10.0. The van der Waals surface area contributed by atoms with Crippen LogP contribution >= 0.6 is 0 Å². The minimum atomic E-state index is -0.0151. The molecule has 0 amide bonds. The quantitative estimate of drug-likeness (QED) is 0.789. The maximum Gasteiger partial charge on any atom is 0.255 e. The Bertz CT molecular complexity index is 992. The normalized spacial score (nSPS) is 14.2. The van der Waals surface area contributed by atoms with E-state index < -0.39 is 0 Å². The molecular weight excluding hydrogens is 322 g/mol. The van der Waals surface area contributed by atoms with Gasteiger partial charge in [0.05, 0.1) is 11.3 Å². The molecule has 1 aliphatic heterocycles. The first kappa shape index (κ1) is 16.7. The fraction of sp³-hybridized carbons (Fsp3) is 0.273. The molecule has 0 saturated carbocycles. The van der Waals surface area contributed by atoms with Crippen LogP contribution in [-0.2, 0) is 19.5 Å². The molecule has 4 rings (SSSR count). The number of hydrogen-bond acceptors (Lipinski definition) is 3. The van der Waals surface area contributed by atoms with Gasteiger partial charge in [0.25, 0.3) is 5.56 Å². The van der Waals surface area contributed by atoms with E-state index in [0.29, 0.717) is 12.4 Å². The van der Waals surface area contributed by atoms with E-state index >= 15 is 0 Å². The van der Waals surface area contributed by atoms with Crippen molar-refractivity contribution in [2.24, 2.45) is 0 Å². The second-order valence-electron chi connectivity index (χ2n) is 7.09. The molecule has 1 N–H and O–H groups in total. The lowest BCUT2D eigenvalue weighted by Gasteiger charge is -2.28. The third-order valence-electron chi connectivity index (χ3n) is 5.17. The molecule has 0 spiro atoms. The highest BCUT2D eigenvalue weighted by molar-refractivity contribution is 5.54. The summed E-state index contributed by atoms with van der Waals surface area (Å²) in [6.45, 7) is 6.71. The summed E-state index contributed by atoms with van der Waals surface area (Å²) in [6.07, 6.45) is 0.809. The van der Waals surface area contributed by atoms with Gasteiger partial charge in [0.1, 0.15) is 5.82 Å². The molecule has 2 aromatic carbocycles. The van der Waals surface area contributed by atoms with Crippen molar-refractivity contribution in [2.75, 3.05) is 6.54 Å². The number of rotatable bonds is 3. The molecule has 2 heterocycles. The third kappa shape index (κ3) is 3.33. The van der Waals surface area contributed by atoms with Gasteiger partial charge in [0.2, 0.25) is 0 Å². The average Bonchev–Trinajstić information content (AvgIpc) is 2.66. The van der Waals surface area contributed by atoms with Gasteiger partial charge in [-0.2, -0.15) is 0 Å². The van der Waals surface area contributed by atoms with Gasteiger partial charge < -0.3 is 4.98 Å². The fourth-order valence-corrected chi connectivity index (χ4v) is 3.51. The van der Waals surface area contributed by atoms with Crippen LogP contribution in [0.5, 0.6) is 0 Å². The Kier molecular flexibility index (Phi) is 4.43. The lowest BCUT2D eigenvalue weighted by molar-refractivity contribution is 0.242. The number of aryl methyl sites for hydroxylation is 2. The number of aromatic amines is 1. The van der Waals surface area contributed by atoms with Gasteiger partial charge in [-0.3, -0.25) is 9.69 Å². The molecule has 0 bridgehead atoms. The second kappa shape index (κ2) is 6.89.